The zero-order valence-electron chi connectivity index (χ0n) is 19.6. The van der Waals surface area contributed by atoms with Crippen LogP contribution < -0.4 is 36.7 Å². The molecule has 0 fully saturated rings. The van der Waals surface area contributed by atoms with Crippen molar-refractivity contribution in [3.63, 3.8) is 0 Å². The van der Waals surface area contributed by atoms with Crippen molar-refractivity contribution in [3.8, 4) is 23.3 Å². The van der Waals surface area contributed by atoms with Gasteiger partial charge in [0.1, 0.15) is 5.92 Å². The molecule has 0 aliphatic carbocycles. The summed E-state index contributed by atoms with van der Waals surface area (Å²) in [7, 11) is 3.05. The van der Waals surface area contributed by atoms with E-state index in [0.717, 1.165) is 12.8 Å². The lowest BCUT2D eigenvalue weighted by molar-refractivity contribution is -0.117. The highest BCUT2D eigenvalue weighted by Crippen LogP contribution is 2.49. The van der Waals surface area contributed by atoms with Crippen LogP contribution in [0.2, 0.25) is 0 Å². The van der Waals surface area contributed by atoms with Crippen LogP contribution in [0.25, 0.3) is 0 Å². The maximum atomic E-state index is 12.6. The molecule has 0 spiro atoms. The summed E-state index contributed by atoms with van der Waals surface area (Å²) in [5.41, 5.74) is 19.6. The van der Waals surface area contributed by atoms with E-state index in [-0.39, 0.29) is 23.2 Å². The number of anilines is 2. The molecule has 186 valence electrons. The van der Waals surface area contributed by atoms with Crippen molar-refractivity contribution >= 4 is 39.1 Å². The molecule has 1 amide bonds. The molecule has 2 aromatic carbocycles. The number of unbranched alkanes of at least 4 members (excludes halogenated alkanes) is 1. The smallest absolute Gasteiger partial charge is 0.241 e. The molecule has 2 unspecified atom stereocenters. The number of nitrogens with zero attached hydrogens (tertiary/aromatic N) is 1. The standard InChI is InChI=1S/C24H29BrN6O4/c1-33-18-10-12(9-15(25)22(18)34-2)19-13-6-7-17(31-24(32)16(28)5-3-4-8-26)20(29)21(13)35-23(30)14(19)11-27/h6-7,9-10,14,16,19,30H,3-5,8,26,28-29H2,1-2H3,(H,31,32)/t14?,16-,19?/m1/s1. The van der Waals surface area contributed by atoms with Gasteiger partial charge in [-0.1, -0.05) is 12.5 Å². The van der Waals surface area contributed by atoms with Crippen molar-refractivity contribution in [2.24, 2.45) is 17.4 Å². The highest BCUT2D eigenvalue weighted by molar-refractivity contribution is 9.10. The van der Waals surface area contributed by atoms with E-state index in [1.54, 1.807) is 18.2 Å². The molecular formula is C24H29BrN6O4. The Bertz CT molecular complexity index is 1170. The lowest BCUT2D eigenvalue weighted by Crippen LogP contribution is -2.36. The molecule has 0 saturated carbocycles. The third-order valence-electron chi connectivity index (χ3n) is 5.91. The van der Waals surface area contributed by atoms with E-state index in [0.29, 0.717) is 45.8 Å². The van der Waals surface area contributed by atoms with Gasteiger partial charge < -0.3 is 36.7 Å². The highest BCUT2D eigenvalue weighted by atomic mass is 79.9. The number of nitriles is 1. The van der Waals surface area contributed by atoms with Crippen molar-refractivity contribution < 1.29 is 19.0 Å². The summed E-state index contributed by atoms with van der Waals surface area (Å²) in [4.78, 5) is 12.6. The van der Waals surface area contributed by atoms with E-state index in [9.17, 15) is 10.1 Å². The van der Waals surface area contributed by atoms with Gasteiger partial charge in [0.25, 0.3) is 0 Å². The Morgan fingerprint density at radius 1 is 1.31 bits per heavy atom. The molecule has 0 aromatic heterocycles. The average molecular weight is 545 g/mol. The van der Waals surface area contributed by atoms with Gasteiger partial charge in [-0.3, -0.25) is 10.2 Å². The van der Waals surface area contributed by atoms with E-state index >= 15 is 0 Å². The summed E-state index contributed by atoms with van der Waals surface area (Å²) in [6.45, 7) is 0.539. The van der Waals surface area contributed by atoms with Crippen LogP contribution in [-0.2, 0) is 4.79 Å². The van der Waals surface area contributed by atoms with Crippen LogP contribution in [-0.4, -0.2) is 38.6 Å². The van der Waals surface area contributed by atoms with Gasteiger partial charge in [0.2, 0.25) is 11.8 Å². The first-order valence-electron chi connectivity index (χ1n) is 11.0. The molecule has 3 rings (SSSR count). The predicted octanol–water partition coefficient (Wildman–Crippen LogP) is 3.08. The molecule has 1 aliphatic rings. The Morgan fingerprint density at radius 2 is 2.06 bits per heavy atom. The average Bonchev–Trinajstić information content (AvgIpc) is 2.84. The van der Waals surface area contributed by atoms with E-state index in [4.69, 9.17) is 36.8 Å². The van der Waals surface area contributed by atoms with Gasteiger partial charge in [0, 0.05) is 11.5 Å². The highest BCUT2D eigenvalue weighted by Gasteiger charge is 2.39. The van der Waals surface area contributed by atoms with Gasteiger partial charge in [-0.05, 0) is 59.1 Å². The first kappa shape index (κ1) is 26.3. The van der Waals surface area contributed by atoms with Gasteiger partial charge in [0.05, 0.1) is 42.2 Å². The fourth-order valence-corrected chi connectivity index (χ4v) is 4.70. The number of methoxy groups -OCH3 is 2. The fourth-order valence-electron chi connectivity index (χ4n) is 4.08. The maximum absolute atomic E-state index is 12.6. The molecule has 2 aromatic rings. The summed E-state index contributed by atoms with van der Waals surface area (Å²) in [6, 6.07) is 8.39. The van der Waals surface area contributed by atoms with Crippen LogP contribution in [0.15, 0.2) is 28.7 Å². The zero-order chi connectivity index (χ0) is 25.7. The van der Waals surface area contributed by atoms with E-state index in [1.807, 2.05) is 6.07 Å². The summed E-state index contributed by atoms with van der Waals surface area (Å²) in [5.74, 6) is -0.909. The van der Waals surface area contributed by atoms with Gasteiger partial charge in [0.15, 0.2) is 17.2 Å². The molecule has 11 heteroatoms. The number of ether oxygens (including phenoxy) is 3. The quantitative estimate of drug-likeness (QED) is 0.235. The first-order valence-corrected chi connectivity index (χ1v) is 11.8. The van der Waals surface area contributed by atoms with Crippen LogP contribution in [0.5, 0.6) is 17.2 Å². The molecule has 0 bridgehead atoms. The summed E-state index contributed by atoms with van der Waals surface area (Å²) >= 11 is 3.49. The normalized spacial score (nSPS) is 17.5. The van der Waals surface area contributed by atoms with Crippen LogP contribution >= 0.6 is 15.9 Å². The number of fused-ring (bicyclic) bond motifs is 1. The zero-order valence-corrected chi connectivity index (χ0v) is 21.1. The van der Waals surface area contributed by atoms with Crippen molar-refractivity contribution in [2.45, 2.75) is 31.2 Å². The number of carbonyl (C=O) groups excluding carboxylic acids is 1. The van der Waals surface area contributed by atoms with Crippen LogP contribution in [0.4, 0.5) is 11.4 Å². The van der Waals surface area contributed by atoms with Gasteiger partial charge >= 0.3 is 0 Å². The Labute approximate surface area is 212 Å². The first-order chi connectivity index (χ1) is 16.8. The van der Waals surface area contributed by atoms with E-state index in [1.165, 1.54) is 14.2 Å². The lowest BCUT2D eigenvalue weighted by Gasteiger charge is -2.32. The third kappa shape index (κ3) is 5.35. The number of nitrogens with one attached hydrogen (secondary N) is 2. The summed E-state index contributed by atoms with van der Waals surface area (Å²) < 4.78 is 17.2. The van der Waals surface area contributed by atoms with Crippen LogP contribution in [0, 0.1) is 22.7 Å². The molecule has 3 atom stereocenters. The number of amides is 1. The van der Waals surface area contributed by atoms with Gasteiger partial charge in [-0.15, -0.1) is 0 Å². The molecule has 0 saturated heterocycles. The number of carbonyl (C=O) groups is 1. The molecule has 10 nitrogen and oxygen atoms in total. The van der Waals surface area contributed by atoms with Crippen molar-refractivity contribution in [1.29, 1.82) is 10.7 Å². The SMILES string of the molecule is COc1cc(C2c3ccc(NC(=O)[C@H](N)CCCCN)c(N)c3OC(=N)C2C#N)cc(Br)c1OC. The predicted molar refractivity (Wildman–Crippen MR) is 137 cm³/mol. The number of nitrogens with two attached hydrogens (primary N) is 3. The van der Waals surface area contributed by atoms with Gasteiger partial charge in [-0.25, -0.2) is 0 Å². The number of halogens is 1. The second-order valence-corrected chi connectivity index (χ2v) is 8.97. The van der Waals surface area contributed by atoms with E-state index < -0.39 is 17.9 Å². The van der Waals surface area contributed by atoms with Crippen molar-refractivity contribution in [3.05, 3.63) is 39.9 Å². The molecule has 35 heavy (non-hydrogen) atoms. The Kier molecular flexibility index (Phi) is 8.56. The second kappa shape index (κ2) is 11.4. The van der Waals surface area contributed by atoms with Crippen LogP contribution in [0.3, 0.4) is 0 Å². The molecular weight excluding hydrogens is 516 g/mol. The van der Waals surface area contributed by atoms with Crippen molar-refractivity contribution in [2.75, 3.05) is 31.8 Å². The maximum Gasteiger partial charge on any atom is 0.241 e. The van der Waals surface area contributed by atoms with Gasteiger partial charge in [-0.2, -0.15) is 5.26 Å². The number of rotatable bonds is 9. The second-order valence-electron chi connectivity index (χ2n) is 8.11. The topological polar surface area (TPSA) is 182 Å². The monoisotopic (exact) mass is 544 g/mol. The lowest BCUT2D eigenvalue weighted by atomic mass is 9.78. The minimum atomic E-state index is -0.900. The summed E-state index contributed by atoms with van der Waals surface area (Å²) in [6.07, 6.45) is 2.02. The Morgan fingerprint density at radius 3 is 2.69 bits per heavy atom. The minimum Gasteiger partial charge on any atom is -0.493 e. The number of hydrogen-bond acceptors (Lipinski definition) is 9. The largest absolute Gasteiger partial charge is 0.493 e. The van der Waals surface area contributed by atoms with E-state index in [2.05, 4.69) is 27.3 Å². The third-order valence-corrected chi connectivity index (χ3v) is 6.50. The molecule has 1 aliphatic heterocycles. The minimum absolute atomic E-state index is 0.149. The number of hydrogen-bond donors (Lipinski definition) is 5. The fraction of sp³-hybridized carbons (Fsp3) is 0.375. The Balaban J connectivity index is 2.01. The molecule has 1 heterocycles. The number of benzene rings is 2. The molecule has 8 N–H and O–H groups in total. The molecule has 0 radical (unpaired) electrons. The number of nitrogen functional groups attached to an aromatic ring is 1. The van der Waals surface area contributed by atoms with Crippen molar-refractivity contribution in [1.82, 2.24) is 0 Å². The van der Waals surface area contributed by atoms with Crippen LogP contribution in [0.1, 0.15) is 36.3 Å². The Hall–Kier alpha value is -3.33. The summed E-state index contributed by atoms with van der Waals surface area (Å²) in [5, 5.41) is 21.0.